The third-order valence-electron chi connectivity index (χ3n) is 4.13. The summed E-state index contributed by atoms with van der Waals surface area (Å²) in [7, 11) is 1.95. The van der Waals surface area contributed by atoms with Gasteiger partial charge in [0.15, 0.2) is 0 Å². The Morgan fingerprint density at radius 3 is 2.74 bits per heavy atom. The number of nitro groups is 1. The second-order valence-electron chi connectivity index (χ2n) is 5.20. The van der Waals surface area contributed by atoms with E-state index < -0.39 is 0 Å². The van der Waals surface area contributed by atoms with Crippen molar-refractivity contribution in [3.8, 4) is 0 Å². The molecule has 2 unspecified atom stereocenters. The van der Waals surface area contributed by atoms with Crippen LogP contribution in [0.4, 0.5) is 11.4 Å². The molecule has 0 bridgehead atoms. The SMILES string of the molecule is CN(c1ccccc1[N+](=O)[O-])C1CCCCC1CN. The van der Waals surface area contributed by atoms with Crippen molar-refractivity contribution >= 4 is 11.4 Å². The zero-order chi connectivity index (χ0) is 13.8. The van der Waals surface area contributed by atoms with E-state index in [1.807, 2.05) is 19.2 Å². The molecule has 2 atom stereocenters. The topological polar surface area (TPSA) is 72.4 Å². The van der Waals surface area contributed by atoms with Crippen molar-refractivity contribution in [3.63, 3.8) is 0 Å². The molecule has 104 valence electrons. The molecule has 2 N–H and O–H groups in total. The number of para-hydroxylation sites is 2. The molecule has 1 saturated carbocycles. The summed E-state index contributed by atoms with van der Waals surface area (Å²) in [4.78, 5) is 12.9. The molecule has 0 amide bonds. The Hall–Kier alpha value is -1.62. The maximum Gasteiger partial charge on any atom is 0.292 e. The molecule has 2 rings (SSSR count). The molecule has 1 aliphatic carbocycles. The number of benzene rings is 1. The van der Waals surface area contributed by atoms with E-state index in [0.717, 1.165) is 12.8 Å². The van der Waals surface area contributed by atoms with Crippen LogP contribution in [0.1, 0.15) is 25.7 Å². The minimum atomic E-state index is -0.313. The monoisotopic (exact) mass is 263 g/mol. The van der Waals surface area contributed by atoms with E-state index >= 15 is 0 Å². The highest BCUT2D eigenvalue weighted by Crippen LogP contribution is 2.34. The van der Waals surface area contributed by atoms with Crippen LogP contribution in [0, 0.1) is 16.0 Å². The molecule has 0 aromatic heterocycles. The van der Waals surface area contributed by atoms with Crippen LogP contribution in [0.25, 0.3) is 0 Å². The van der Waals surface area contributed by atoms with Crippen LogP contribution in [0.15, 0.2) is 24.3 Å². The Labute approximate surface area is 113 Å². The smallest absolute Gasteiger partial charge is 0.292 e. The quantitative estimate of drug-likeness (QED) is 0.669. The van der Waals surface area contributed by atoms with E-state index in [-0.39, 0.29) is 10.6 Å². The lowest BCUT2D eigenvalue weighted by molar-refractivity contribution is -0.384. The minimum absolute atomic E-state index is 0.173. The molecule has 0 heterocycles. The van der Waals surface area contributed by atoms with Crippen molar-refractivity contribution in [3.05, 3.63) is 34.4 Å². The third kappa shape index (κ3) is 2.87. The molecule has 0 spiro atoms. The zero-order valence-corrected chi connectivity index (χ0v) is 11.3. The maximum absolute atomic E-state index is 11.1. The summed E-state index contributed by atoms with van der Waals surface area (Å²) in [5.74, 6) is 0.429. The third-order valence-corrected chi connectivity index (χ3v) is 4.13. The molecular weight excluding hydrogens is 242 g/mol. The van der Waals surface area contributed by atoms with Crippen molar-refractivity contribution in [2.45, 2.75) is 31.7 Å². The summed E-state index contributed by atoms with van der Waals surface area (Å²) in [6.45, 7) is 0.648. The molecule has 1 aromatic carbocycles. The molecule has 5 heteroatoms. The van der Waals surface area contributed by atoms with E-state index in [1.165, 1.54) is 12.8 Å². The standard InChI is InChI=1S/C14H21N3O2/c1-16(12-7-3-2-6-11(12)10-15)13-8-4-5-9-14(13)17(18)19/h4-5,8-9,11-12H,2-3,6-7,10,15H2,1H3. The van der Waals surface area contributed by atoms with Gasteiger partial charge in [-0.1, -0.05) is 25.0 Å². The molecule has 5 nitrogen and oxygen atoms in total. The Bertz CT molecular complexity index is 450. The first kappa shape index (κ1) is 13.8. The van der Waals surface area contributed by atoms with Gasteiger partial charge in [0.1, 0.15) is 5.69 Å². The number of nitrogens with two attached hydrogens (primary N) is 1. The maximum atomic E-state index is 11.1. The van der Waals surface area contributed by atoms with E-state index in [0.29, 0.717) is 24.2 Å². The first-order chi connectivity index (χ1) is 9.15. The van der Waals surface area contributed by atoms with Gasteiger partial charge < -0.3 is 10.6 Å². The fraction of sp³-hybridized carbons (Fsp3) is 0.571. The highest BCUT2D eigenvalue weighted by atomic mass is 16.6. The van der Waals surface area contributed by atoms with Gasteiger partial charge in [-0.3, -0.25) is 10.1 Å². The largest absolute Gasteiger partial charge is 0.366 e. The van der Waals surface area contributed by atoms with Crippen molar-refractivity contribution in [2.75, 3.05) is 18.5 Å². The molecule has 1 fully saturated rings. The number of hydrogen-bond acceptors (Lipinski definition) is 4. The predicted octanol–water partition coefficient (Wildman–Crippen LogP) is 2.55. The highest BCUT2D eigenvalue weighted by molar-refractivity contribution is 5.63. The lowest BCUT2D eigenvalue weighted by Gasteiger charge is -2.38. The van der Waals surface area contributed by atoms with Crippen molar-refractivity contribution in [1.29, 1.82) is 0 Å². The van der Waals surface area contributed by atoms with Crippen LogP contribution in [-0.2, 0) is 0 Å². The van der Waals surface area contributed by atoms with E-state index in [9.17, 15) is 10.1 Å². The summed E-state index contributed by atoms with van der Waals surface area (Å²) in [6.07, 6.45) is 4.56. The van der Waals surface area contributed by atoms with Gasteiger partial charge in [0.05, 0.1) is 4.92 Å². The van der Waals surface area contributed by atoms with Crippen molar-refractivity contribution in [2.24, 2.45) is 11.7 Å². The summed E-state index contributed by atoms with van der Waals surface area (Å²) in [6, 6.07) is 7.24. The van der Waals surface area contributed by atoms with Gasteiger partial charge in [0.2, 0.25) is 0 Å². The Balaban J connectivity index is 2.27. The van der Waals surface area contributed by atoms with Gasteiger partial charge in [0.25, 0.3) is 5.69 Å². The average Bonchev–Trinajstić information content (AvgIpc) is 2.46. The van der Waals surface area contributed by atoms with Gasteiger partial charge in [-0.25, -0.2) is 0 Å². The number of anilines is 1. The molecule has 19 heavy (non-hydrogen) atoms. The predicted molar refractivity (Wildman–Crippen MR) is 76.3 cm³/mol. The fourth-order valence-corrected chi connectivity index (χ4v) is 3.07. The Morgan fingerprint density at radius 1 is 1.37 bits per heavy atom. The van der Waals surface area contributed by atoms with Crippen LogP contribution in [0.2, 0.25) is 0 Å². The van der Waals surface area contributed by atoms with Gasteiger partial charge in [-0.2, -0.15) is 0 Å². The van der Waals surface area contributed by atoms with Crippen LogP contribution in [0.5, 0.6) is 0 Å². The highest BCUT2D eigenvalue weighted by Gasteiger charge is 2.30. The van der Waals surface area contributed by atoms with Gasteiger partial charge >= 0.3 is 0 Å². The summed E-state index contributed by atoms with van der Waals surface area (Å²) < 4.78 is 0. The lowest BCUT2D eigenvalue weighted by atomic mass is 9.83. The van der Waals surface area contributed by atoms with E-state index in [4.69, 9.17) is 5.73 Å². The molecule has 1 aliphatic rings. The normalized spacial score (nSPS) is 23.1. The van der Waals surface area contributed by atoms with Gasteiger partial charge in [0, 0.05) is 19.2 Å². The number of nitro benzene ring substituents is 1. The van der Waals surface area contributed by atoms with Gasteiger partial charge in [-0.05, 0) is 31.4 Å². The van der Waals surface area contributed by atoms with Crippen molar-refractivity contribution in [1.82, 2.24) is 0 Å². The van der Waals surface area contributed by atoms with E-state index in [2.05, 4.69) is 4.90 Å². The van der Waals surface area contributed by atoms with Crippen LogP contribution in [-0.4, -0.2) is 24.6 Å². The molecular formula is C14H21N3O2. The second kappa shape index (κ2) is 6.02. The minimum Gasteiger partial charge on any atom is -0.366 e. The van der Waals surface area contributed by atoms with Gasteiger partial charge in [-0.15, -0.1) is 0 Å². The second-order valence-corrected chi connectivity index (χ2v) is 5.20. The molecule has 0 radical (unpaired) electrons. The lowest BCUT2D eigenvalue weighted by Crippen LogP contribution is -2.43. The van der Waals surface area contributed by atoms with Crippen molar-refractivity contribution < 1.29 is 4.92 Å². The van der Waals surface area contributed by atoms with Crippen LogP contribution < -0.4 is 10.6 Å². The summed E-state index contributed by atoms with van der Waals surface area (Å²) >= 11 is 0. The Kier molecular flexibility index (Phi) is 4.37. The molecule has 1 aromatic rings. The first-order valence-corrected chi connectivity index (χ1v) is 6.81. The fourth-order valence-electron chi connectivity index (χ4n) is 3.07. The number of nitrogens with zero attached hydrogens (tertiary/aromatic N) is 2. The number of hydrogen-bond donors (Lipinski definition) is 1. The average molecular weight is 263 g/mol. The first-order valence-electron chi connectivity index (χ1n) is 6.81. The summed E-state index contributed by atoms with van der Waals surface area (Å²) in [5.41, 5.74) is 6.71. The number of rotatable bonds is 4. The van der Waals surface area contributed by atoms with Crippen LogP contribution in [0.3, 0.4) is 0 Å². The molecule has 0 aliphatic heterocycles. The zero-order valence-electron chi connectivity index (χ0n) is 11.3. The van der Waals surface area contributed by atoms with Crippen LogP contribution >= 0.6 is 0 Å². The van der Waals surface area contributed by atoms with E-state index in [1.54, 1.807) is 12.1 Å². The summed E-state index contributed by atoms with van der Waals surface area (Å²) in [5, 5.41) is 11.1. The molecule has 0 saturated heterocycles. The Morgan fingerprint density at radius 2 is 2.05 bits per heavy atom.